The first-order valence-electron chi connectivity index (χ1n) is 6.51. The molecule has 2 aliphatic rings. The number of carbonyl (C=O) groups excluding carboxylic acids is 1. The molecule has 1 aliphatic heterocycles. The fourth-order valence-corrected chi connectivity index (χ4v) is 2.52. The number of nitrogens with zero attached hydrogens (tertiary/aromatic N) is 2. The molecule has 102 valence electrons. The van der Waals surface area contributed by atoms with Gasteiger partial charge in [0.05, 0.1) is 12.0 Å². The molecule has 0 bridgehead atoms. The highest BCUT2D eigenvalue weighted by Crippen LogP contribution is 2.46. The Hall–Kier alpha value is -1.14. The number of hydrogen-bond donors (Lipinski definition) is 2. The smallest absolute Gasteiger partial charge is 0.317 e. The number of rotatable bonds is 4. The van der Waals surface area contributed by atoms with Crippen molar-refractivity contribution in [3.05, 3.63) is 0 Å². The van der Waals surface area contributed by atoms with Gasteiger partial charge in [0.25, 0.3) is 0 Å². The Morgan fingerprint density at radius 2 is 1.89 bits per heavy atom. The molecule has 1 aliphatic carbocycles. The Balaban J connectivity index is 1.89. The highest BCUT2D eigenvalue weighted by atomic mass is 16.4. The first kappa shape index (κ1) is 13.3. The van der Waals surface area contributed by atoms with E-state index in [1.54, 1.807) is 0 Å². The van der Waals surface area contributed by atoms with Crippen molar-refractivity contribution in [1.29, 1.82) is 0 Å². The number of aliphatic carboxylic acids is 1. The molecule has 0 aromatic rings. The Labute approximate surface area is 107 Å². The number of amides is 1. The standard InChI is InChI=1S/C12H21N3O3/c13-9-12(2-3-12)11(18)15-5-1-4-14(6-7-15)8-10(16)17/h1-9,13H2,(H,16,17). The van der Waals surface area contributed by atoms with Crippen LogP contribution in [0.1, 0.15) is 19.3 Å². The van der Waals surface area contributed by atoms with E-state index < -0.39 is 5.97 Å². The van der Waals surface area contributed by atoms with E-state index in [9.17, 15) is 9.59 Å². The normalized spacial score (nSPS) is 23.5. The highest BCUT2D eigenvalue weighted by Gasteiger charge is 2.50. The number of carboxylic acids is 1. The van der Waals surface area contributed by atoms with Crippen molar-refractivity contribution in [3.63, 3.8) is 0 Å². The Morgan fingerprint density at radius 1 is 1.17 bits per heavy atom. The molecule has 0 spiro atoms. The van der Waals surface area contributed by atoms with Crippen LogP contribution in [0.25, 0.3) is 0 Å². The molecule has 2 fully saturated rings. The molecule has 0 unspecified atom stereocenters. The van der Waals surface area contributed by atoms with Gasteiger partial charge in [-0.15, -0.1) is 0 Å². The number of carboxylic acid groups (broad SMARTS) is 1. The summed E-state index contributed by atoms with van der Waals surface area (Å²) < 4.78 is 0. The van der Waals surface area contributed by atoms with Crippen LogP contribution in [-0.4, -0.2) is 66.1 Å². The van der Waals surface area contributed by atoms with Crippen LogP contribution in [0.3, 0.4) is 0 Å². The third-order valence-corrected chi connectivity index (χ3v) is 3.93. The largest absolute Gasteiger partial charge is 0.480 e. The fourth-order valence-electron chi connectivity index (χ4n) is 2.52. The monoisotopic (exact) mass is 255 g/mol. The summed E-state index contributed by atoms with van der Waals surface area (Å²) >= 11 is 0. The van der Waals surface area contributed by atoms with Gasteiger partial charge in [0.15, 0.2) is 0 Å². The molecule has 0 aromatic heterocycles. The van der Waals surface area contributed by atoms with Crippen LogP contribution in [0.15, 0.2) is 0 Å². The van der Waals surface area contributed by atoms with Crippen LogP contribution in [0.5, 0.6) is 0 Å². The van der Waals surface area contributed by atoms with Crippen LogP contribution in [-0.2, 0) is 9.59 Å². The van der Waals surface area contributed by atoms with Gasteiger partial charge in [-0.3, -0.25) is 14.5 Å². The lowest BCUT2D eigenvalue weighted by Crippen LogP contribution is -2.42. The van der Waals surface area contributed by atoms with E-state index in [0.29, 0.717) is 19.6 Å². The Morgan fingerprint density at radius 3 is 2.44 bits per heavy atom. The van der Waals surface area contributed by atoms with Crippen molar-refractivity contribution in [3.8, 4) is 0 Å². The summed E-state index contributed by atoms with van der Waals surface area (Å²) in [5, 5.41) is 8.77. The van der Waals surface area contributed by atoms with Crippen molar-refractivity contribution >= 4 is 11.9 Å². The molecule has 1 heterocycles. The van der Waals surface area contributed by atoms with Crippen molar-refractivity contribution in [1.82, 2.24) is 9.80 Å². The zero-order valence-electron chi connectivity index (χ0n) is 10.6. The van der Waals surface area contributed by atoms with E-state index in [4.69, 9.17) is 10.8 Å². The van der Waals surface area contributed by atoms with E-state index in [1.165, 1.54) is 0 Å². The first-order valence-corrected chi connectivity index (χ1v) is 6.51. The predicted octanol–water partition coefficient (Wildman–Crippen LogP) is -0.656. The summed E-state index contributed by atoms with van der Waals surface area (Å²) in [7, 11) is 0. The zero-order valence-corrected chi connectivity index (χ0v) is 10.6. The molecule has 0 aromatic carbocycles. The number of hydrogen-bond acceptors (Lipinski definition) is 4. The topological polar surface area (TPSA) is 86.9 Å². The van der Waals surface area contributed by atoms with Crippen molar-refractivity contribution in [2.24, 2.45) is 11.1 Å². The maximum atomic E-state index is 12.3. The second kappa shape index (κ2) is 5.24. The summed E-state index contributed by atoms with van der Waals surface area (Å²) in [5.74, 6) is -0.641. The highest BCUT2D eigenvalue weighted by molar-refractivity contribution is 5.85. The van der Waals surface area contributed by atoms with Gasteiger partial charge in [-0.05, 0) is 19.3 Å². The van der Waals surface area contributed by atoms with E-state index >= 15 is 0 Å². The molecule has 1 saturated carbocycles. The van der Waals surface area contributed by atoms with Crippen molar-refractivity contribution in [2.75, 3.05) is 39.3 Å². The average Bonchev–Trinajstić information content (AvgIpc) is 3.12. The van der Waals surface area contributed by atoms with Gasteiger partial charge in [0, 0.05) is 32.7 Å². The van der Waals surface area contributed by atoms with E-state index in [0.717, 1.165) is 32.4 Å². The van der Waals surface area contributed by atoms with Crippen molar-refractivity contribution < 1.29 is 14.7 Å². The maximum Gasteiger partial charge on any atom is 0.317 e. The third kappa shape index (κ3) is 2.81. The van der Waals surface area contributed by atoms with Gasteiger partial charge in [-0.1, -0.05) is 0 Å². The lowest BCUT2D eigenvalue weighted by molar-refractivity contribution is -0.138. The molecule has 2 rings (SSSR count). The van der Waals surface area contributed by atoms with Crippen LogP contribution < -0.4 is 5.73 Å². The van der Waals surface area contributed by atoms with Crippen LogP contribution in [0, 0.1) is 5.41 Å². The first-order chi connectivity index (χ1) is 8.57. The molecule has 0 atom stereocenters. The molecular weight excluding hydrogens is 234 g/mol. The minimum atomic E-state index is -0.810. The minimum absolute atomic E-state index is 0.0596. The second-order valence-electron chi connectivity index (χ2n) is 5.30. The third-order valence-electron chi connectivity index (χ3n) is 3.93. The van der Waals surface area contributed by atoms with E-state index in [-0.39, 0.29) is 17.9 Å². The predicted molar refractivity (Wildman–Crippen MR) is 66.0 cm³/mol. The molecule has 18 heavy (non-hydrogen) atoms. The average molecular weight is 255 g/mol. The van der Waals surface area contributed by atoms with E-state index in [2.05, 4.69) is 0 Å². The molecule has 6 nitrogen and oxygen atoms in total. The molecule has 0 radical (unpaired) electrons. The van der Waals surface area contributed by atoms with Crippen molar-refractivity contribution in [2.45, 2.75) is 19.3 Å². The van der Waals surface area contributed by atoms with Gasteiger partial charge in [0.1, 0.15) is 0 Å². The van der Waals surface area contributed by atoms with Gasteiger partial charge in [-0.2, -0.15) is 0 Å². The SMILES string of the molecule is NCC1(C(=O)N2CCCN(CC(=O)O)CC2)CC1. The Bertz CT molecular complexity index is 341. The molecule has 3 N–H and O–H groups in total. The number of nitrogens with two attached hydrogens (primary N) is 1. The molecule has 6 heteroatoms. The molecule has 1 saturated heterocycles. The summed E-state index contributed by atoms with van der Waals surface area (Å²) in [5.41, 5.74) is 5.38. The van der Waals surface area contributed by atoms with Gasteiger partial charge < -0.3 is 15.7 Å². The number of carbonyl (C=O) groups is 2. The van der Waals surface area contributed by atoms with Gasteiger partial charge in [-0.25, -0.2) is 0 Å². The van der Waals surface area contributed by atoms with Gasteiger partial charge >= 0.3 is 5.97 Å². The zero-order chi connectivity index (χ0) is 13.2. The summed E-state index contributed by atoms with van der Waals surface area (Å²) in [6.07, 6.45) is 2.63. The van der Waals surface area contributed by atoms with E-state index in [1.807, 2.05) is 9.80 Å². The lowest BCUT2D eigenvalue weighted by Gasteiger charge is -2.25. The molecule has 1 amide bonds. The van der Waals surface area contributed by atoms with Crippen LogP contribution in [0.4, 0.5) is 0 Å². The minimum Gasteiger partial charge on any atom is -0.480 e. The van der Waals surface area contributed by atoms with Gasteiger partial charge in [0.2, 0.25) is 5.91 Å². The summed E-state index contributed by atoms with van der Waals surface area (Å²) in [4.78, 5) is 26.7. The summed E-state index contributed by atoms with van der Waals surface area (Å²) in [6.45, 7) is 3.21. The quantitative estimate of drug-likeness (QED) is 0.696. The van der Waals surface area contributed by atoms with Crippen LogP contribution >= 0.6 is 0 Å². The summed E-state index contributed by atoms with van der Waals surface area (Å²) in [6, 6.07) is 0. The fraction of sp³-hybridized carbons (Fsp3) is 0.833. The lowest BCUT2D eigenvalue weighted by atomic mass is 10.1. The Kier molecular flexibility index (Phi) is 3.87. The maximum absolute atomic E-state index is 12.3. The molecular formula is C12H21N3O3. The second-order valence-corrected chi connectivity index (χ2v) is 5.30. The van der Waals surface area contributed by atoms with Crippen LogP contribution in [0.2, 0.25) is 0 Å².